The van der Waals surface area contributed by atoms with Crippen molar-refractivity contribution in [2.24, 2.45) is 0 Å². The van der Waals surface area contributed by atoms with Gasteiger partial charge in [0.15, 0.2) is 0 Å². The van der Waals surface area contributed by atoms with Gasteiger partial charge in [-0.2, -0.15) is 11.8 Å². The molecule has 0 aliphatic carbocycles. The first kappa shape index (κ1) is 18.3. The number of thioether (sulfide) groups is 1. The van der Waals surface area contributed by atoms with E-state index in [1.54, 1.807) is 23.9 Å². The number of nitrogens with zero attached hydrogens (tertiary/aromatic N) is 2. The minimum Gasteiger partial charge on any atom is -0.480 e. The van der Waals surface area contributed by atoms with E-state index in [2.05, 4.69) is 10.3 Å². The monoisotopic (exact) mass is 393 g/mol. The van der Waals surface area contributed by atoms with Crippen molar-refractivity contribution >= 4 is 40.7 Å². The molecule has 1 aliphatic rings. The molecule has 10 heteroatoms. The van der Waals surface area contributed by atoms with Crippen LogP contribution in [0, 0.1) is 10.1 Å². The molecule has 2 heterocycles. The fourth-order valence-corrected chi connectivity index (χ4v) is 4.64. The normalized spacial score (nSPS) is 16.0. The molecule has 8 nitrogen and oxygen atoms in total. The Balaban J connectivity index is 1.81. The first-order valence-corrected chi connectivity index (χ1v) is 9.79. The van der Waals surface area contributed by atoms with Crippen molar-refractivity contribution in [3.05, 3.63) is 45.5 Å². The summed E-state index contributed by atoms with van der Waals surface area (Å²) in [6.45, 7) is 0. The molecule has 136 valence electrons. The summed E-state index contributed by atoms with van der Waals surface area (Å²) in [6.07, 6.45) is 0.723. The Morgan fingerprint density at radius 3 is 2.69 bits per heavy atom. The van der Waals surface area contributed by atoms with E-state index in [1.807, 2.05) is 0 Å². The van der Waals surface area contributed by atoms with Gasteiger partial charge in [0, 0.05) is 23.1 Å². The van der Waals surface area contributed by atoms with E-state index in [4.69, 9.17) is 0 Å². The highest BCUT2D eigenvalue weighted by Crippen LogP contribution is 2.29. The molecule has 1 amide bonds. The summed E-state index contributed by atoms with van der Waals surface area (Å²) in [5, 5.41) is 25.0. The van der Waals surface area contributed by atoms with Crippen molar-refractivity contribution in [1.82, 2.24) is 10.3 Å². The van der Waals surface area contributed by atoms with E-state index >= 15 is 0 Å². The Kier molecular flexibility index (Phi) is 5.23. The fourth-order valence-electron chi connectivity index (χ4n) is 2.66. The zero-order chi connectivity index (χ0) is 18.7. The quantitative estimate of drug-likeness (QED) is 0.591. The average molecular weight is 393 g/mol. The number of nitro groups is 1. The highest BCUT2D eigenvalue weighted by atomic mass is 32.2. The molecule has 2 N–H and O–H groups in total. The van der Waals surface area contributed by atoms with Crippen molar-refractivity contribution in [2.45, 2.75) is 18.4 Å². The van der Waals surface area contributed by atoms with Crippen LogP contribution in [0.4, 0.5) is 5.69 Å². The van der Waals surface area contributed by atoms with E-state index in [9.17, 15) is 24.8 Å². The van der Waals surface area contributed by atoms with Gasteiger partial charge >= 0.3 is 5.97 Å². The number of non-ortho nitro benzene ring substituents is 1. The summed E-state index contributed by atoms with van der Waals surface area (Å²) in [4.78, 5) is 38.8. The molecule has 0 radical (unpaired) electrons. The van der Waals surface area contributed by atoms with Gasteiger partial charge < -0.3 is 10.4 Å². The summed E-state index contributed by atoms with van der Waals surface area (Å²) in [6, 6.07) is 5.98. The van der Waals surface area contributed by atoms with Gasteiger partial charge in [-0.1, -0.05) is 12.1 Å². The number of rotatable bonds is 5. The predicted octanol–water partition coefficient (Wildman–Crippen LogP) is 2.80. The van der Waals surface area contributed by atoms with Gasteiger partial charge in [0.2, 0.25) is 0 Å². The van der Waals surface area contributed by atoms with Crippen LogP contribution in [0.5, 0.6) is 0 Å². The number of thiazole rings is 1. The van der Waals surface area contributed by atoms with Crippen LogP contribution in [0.2, 0.25) is 0 Å². The molecule has 1 aliphatic heterocycles. The molecule has 0 spiro atoms. The summed E-state index contributed by atoms with van der Waals surface area (Å²) in [7, 11) is 0. The first-order chi connectivity index (χ1) is 12.4. The van der Waals surface area contributed by atoms with E-state index in [1.165, 1.54) is 28.8 Å². The number of carbonyl (C=O) groups is 2. The molecule has 3 rings (SSSR count). The van der Waals surface area contributed by atoms with Crippen LogP contribution in [0.15, 0.2) is 29.6 Å². The Morgan fingerprint density at radius 1 is 1.31 bits per heavy atom. The van der Waals surface area contributed by atoms with Gasteiger partial charge in [0.25, 0.3) is 11.6 Å². The molecule has 1 aromatic carbocycles. The molecule has 0 saturated carbocycles. The maximum atomic E-state index is 12.5. The van der Waals surface area contributed by atoms with Crippen LogP contribution in [0.25, 0.3) is 10.6 Å². The minimum atomic E-state index is -1.27. The molecule has 2 aromatic rings. The number of carbonyl (C=O) groups excluding carboxylic acids is 1. The largest absolute Gasteiger partial charge is 0.480 e. The number of hydrogen-bond donors (Lipinski definition) is 2. The van der Waals surface area contributed by atoms with Gasteiger partial charge in [-0.25, -0.2) is 9.78 Å². The summed E-state index contributed by atoms with van der Waals surface area (Å²) in [5.41, 5.74) is -0.689. The smallest absolute Gasteiger partial charge is 0.329 e. The maximum Gasteiger partial charge on any atom is 0.329 e. The molecule has 1 aromatic heterocycles. The molecule has 1 saturated heterocycles. The summed E-state index contributed by atoms with van der Waals surface area (Å²) in [5.74, 6) is -0.252. The van der Waals surface area contributed by atoms with E-state index in [0.29, 0.717) is 34.9 Å². The van der Waals surface area contributed by atoms with Crippen molar-refractivity contribution in [2.75, 3.05) is 11.5 Å². The van der Waals surface area contributed by atoms with Gasteiger partial charge in [-0.3, -0.25) is 14.9 Å². The van der Waals surface area contributed by atoms with Gasteiger partial charge in [0.1, 0.15) is 16.2 Å². The molecular weight excluding hydrogens is 378 g/mol. The van der Waals surface area contributed by atoms with Crippen LogP contribution in [-0.4, -0.2) is 43.9 Å². The van der Waals surface area contributed by atoms with Crippen LogP contribution in [-0.2, 0) is 4.79 Å². The summed E-state index contributed by atoms with van der Waals surface area (Å²) >= 11 is 2.83. The zero-order valence-electron chi connectivity index (χ0n) is 13.5. The van der Waals surface area contributed by atoms with Crippen LogP contribution in [0.3, 0.4) is 0 Å². The number of aliphatic carboxylic acids is 1. The predicted molar refractivity (Wildman–Crippen MR) is 98.6 cm³/mol. The maximum absolute atomic E-state index is 12.5. The van der Waals surface area contributed by atoms with Crippen LogP contribution < -0.4 is 5.32 Å². The van der Waals surface area contributed by atoms with Crippen molar-refractivity contribution in [3.8, 4) is 10.6 Å². The van der Waals surface area contributed by atoms with E-state index in [0.717, 1.165) is 0 Å². The number of benzene rings is 1. The summed E-state index contributed by atoms with van der Waals surface area (Å²) < 4.78 is 0. The SMILES string of the molecule is O=C(NC1(C(=O)O)CCSCC1)c1csc(-c2cccc([N+](=O)[O-])c2)n1. The fraction of sp³-hybridized carbons (Fsp3) is 0.312. The third kappa shape index (κ3) is 3.70. The third-order valence-corrected chi connectivity index (χ3v) is 6.03. The minimum absolute atomic E-state index is 0.0618. The molecular formula is C16H15N3O5S2. The molecule has 0 bridgehead atoms. The number of nitro benzene ring substituents is 1. The molecule has 0 atom stereocenters. The van der Waals surface area contributed by atoms with E-state index < -0.39 is 22.3 Å². The highest BCUT2D eigenvalue weighted by Gasteiger charge is 2.41. The van der Waals surface area contributed by atoms with Gasteiger partial charge in [-0.15, -0.1) is 11.3 Å². The van der Waals surface area contributed by atoms with Crippen molar-refractivity contribution in [3.63, 3.8) is 0 Å². The lowest BCUT2D eigenvalue weighted by Crippen LogP contribution is -2.56. The Morgan fingerprint density at radius 2 is 2.04 bits per heavy atom. The van der Waals surface area contributed by atoms with Crippen molar-refractivity contribution < 1.29 is 19.6 Å². The number of carboxylic acids is 1. The molecule has 0 unspecified atom stereocenters. The number of nitrogens with one attached hydrogen (secondary N) is 1. The first-order valence-electron chi connectivity index (χ1n) is 7.75. The highest BCUT2D eigenvalue weighted by molar-refractivity contribution is 7.99. The second-order valence-corrected chi connectivity index (χ2v) is 7.88. The number of hydrogen-bond acceptors (Lipinski definition) is 7. The van der Waals surface area contributed by atoms with Crippen molar-refractivity contribution in [1.29, 1.82) is 0 Å². The molecule has 1 fully saturated rings. The number of carboxylic acid groups (broad SMARTS) is 1. The lowest BCUT2D eigenvalue weighted by atomic mass is 9.92. The molecule has 26 heavy (non-hydrogen) atoms. The Labute approximate surface area is 156 Å². The van der Waals surface area contributed by atoms with Gasteiger partial charge in [0.05, 0.1) is 4.92 Å². The lowest BCUT2D eigenvalue weighted by Gasteiger charge is -2.33. The van der Waals surface area contributed by atoms with Gasteiger partial charge in [-0.05, 0) is 24.3 Å². The van der Waals surface area contributed by atoms with Crippen LogP contribution >= 0.6 is 23.1 Å². The zero-order valence-corrected chi connectivity index (χ0v) is 15.1. The lowest BCUT2D eigenvalue weighted by molar-refractivity contribution is -0.384. The average Bonchev–Trinajstić information content (AvgIpc) is 3.13. The number of amides is 1. The Hall–Kier alpha value is -2.46. The second kappa shape index (κ2) is 7.42. The third-order valence-electron chi connectivity index (χ3n) is 4.15. The van der Waals surface area contributed by atoms with Crippen LogP contribution in [0.1, 0.15) is 23.3 Å². The number of aromatic nitrogens is 1. The van der Waals surface area contributed by atoms with E-state index in [-0.39, 0.29) is 11.4 Å². The second-order valence-electron chi connectivity index (χ2n) is 5.80. The standard InChI is InChI=1S/C16H15N3O5S2/c20-13(18-16(15(21)22)4-6-25-7-5-16)12-9-26-14(17-12)10-2-1-3-11(8-10)19(23)24/h1-3,8-9H,4-7H2,(H,18,20)(H,21,22). The Bertz CT molecular complexity index is 861. The topological polar surface area (TPSA) is 122 Å².